The molecule has 0 saturated heterocycles. The van der Waals surface area contributed by atoms with E-state index in [2.05, 4.69) is 5.32 Å². The van der Waals surface area contributed by atoms with E-state index in [0.717, 1.165) is 16.7 Å². The van der Waals surface area contributed by atoms with Crippen molar-refractivity contribution < 1.29 is 17.9 Å². The highest BCUT2D eigenvalue weighted by Gasteiger charge is 2.22. The lowest BCUT2D eigenvalue weighted by Gasteiger charge is -2.19. The van der Waals surface area contributed by atoms with E-state index in [9.17, 15) is 13.2 Å². The zero-order valence-electron chi connectivity index (χ0n) is 17.1. The third-order valence-electron chi connectivity index (χ3n) is 4.39. The molecule has 7 heteroatoms. The molecule has 0 fully saturated rings. The van der Waals surface area contributed by atoms with Crippen LogP contribution in [-0.2, 0) is 14.8 Å². The van der Waals surface area contributed by atoms with Gasteiger partial charge >= 0.3 is 0 Å². The number of carbonyl (C=O) groups is 1. The van der Waals surface area contributed by atoms with Crippen molar-refractivity contribution in [1.29, 1.82) is 0 Å². The van der Waals surface area contributed by atoms with Gasteiger partial charge in [-0.15, -0.1) is 0 Å². The van der Waals surface area contributed by atoms with E-state index in [1.807, 2.05) is 39.0 Å². The van der Waals surface area contributed by atoms with E-state index in [-0.39, 0.29) is 17.4 Å². The minimum atomic E-state index is -3.59. The van der Waals surface area contributed by atoms with Gasteiger partial charge in [0.15, 0.2) is 6.61 Å². The summed E-state index contributed by atoms with van der Waals surface area (Å²) in [7, 11) is -3.59. The molecular formula is C21H28N2O4S. The Morgan fingerprint density at radius 1 is 1.00 bits per heavy atom. The third-order valence-corrected chi connectivity index (χ3v) is 6.44. The quantitative estimate of drug-likeness (QED) is 0.728. The normalized spacial score (nSPS) is 11.5. The van der Waals surface area contributed by atoms with Gasteiger partial charge < -0.3 is 10.1 Å². The van der Waals surface area contributed by atoms with Crippen LogP contribution in [0.25, 0.3) is 0 Å². The SMILES string of the molecule is CCN(CC)S(=O)(=O)c1ccc(C)c(NC(=O)COc2cc(C)cc(C)c2)c1. The molecule has 1 amide bonds. The average molecular weight is 405 g/mol. The lowest BCUT2D eigenvalue weighted by molar-refractivity contribution is -0.118. The molecule has 0 aliphatic carbocycles. The fraction of sp³-hybridized carbons (Fsp3) is 0.381. The molecule has 0 bridgehead atoms. The van der Waals surface area contributed by atoms with Gasteiger partial charge in [0.25, 0.3) is 5.91 Å². The molecular weight excluding hydrogens is 376 g/mol. The van der Waals surface area contributed by atoms with Gasteiger partial charge in [-0.05, 0) is 61.7 Å². The number of nitrogens with zero attached hydrogens (tertiary/aromatic N) is 1. The molecule has 28 heavy (non-hydrogen) atoms. The maximum absolute atomic E-state index is 12.7. The van der Waals surface area contributed by atoms with Crippen LogP contribution in [0.4, 0.5) is 5.69 Å². The summed E-state index contributed by atoms with van der Waals surface area (Å²) in [5.41, 5.74) is 3.35. The Morgan fingerprint density at radius 3 is 2.18 bits per heavy atom. The molecule has 0 aromatic heterocycles. The number of aryl methyl sites for hydroxylation is 3. The van der Waals surface area contributed by atoms with Crippen LogP contribution in [-0.4, -0.2) is 38.3 Å². The molecule has 0 aliphatic rings. The van der Waals surface area contributed by atoms with Crippen molar-refractivity contribution in [3.63, 3.8) is 0 Å². The molecule has 6 nitrogen and oxygen atoms in total. The first-order chi connectivity index (χ1) is 13.2. The minimum absolute atomic E-state index is 0.157. The van der Waals surface area contributed by atoms with Crippen molar-refractivity contribution in [3.8, 4) is 5.75 Å². The Bertz CT molecular complexity index is 931. The molecule has 1 N–H and O–H groups in total. The largest absolute Gasteiger partial charge is 0.484 e. The van der Waals surface area contributed by atoms with Crippen molar-refractivity contribution in [2.24, 2.45) is 0 Å². The fourth-order valence-corrected chi connectivity index (χ4v) is 4.45. The van der Waals surface area contributed by atoms with Crippen LogP contribution in [0.5, 0.6) is 5.75 Å². The minimum Gasteiger partial charge on any atom is -0.484 e. The Labute approximate surface area is 167 Å². The molecule has 0 heterocycles. The zero-order valence-corrected chi connectivity index (χ0v) is 17.9. The summed E-state index contributed by atoms with van der Waals surface area (Å²) in [6, 6.07) is 10.5. The van der Waals surface area contributed by atoms with Gasteiger partial charge in [-0.3, -0.25) is 4.79 Å². The molecule has 0 aliphatic heterocycles. The number of amides is 1. The second-order valence-electron chi connectivity index (χ2n) is 6.73. The second-order valence-corrected chi connectivity index (χ2v) is 8.66. The Balaban J connectivity index is 2.14. The Morgan fingerprint density at radius 2 is 1.61 bits per heavy atom. The second kappa shape index (κ2) is 9.21. The van der Waals surface area contributed by atoms with Gasteiger partial charge in [0, 0.05) is 18.8 Å². The number of hydrogen-bond donors (Lipinski definition) is 1. The summed E-state index contributed by atoms with van der Waals surface area (Å²) in [5.74, 6) is 0.280. The smallest absolute Gasteiger partial charge is 0.262 e. The molecule has 2 aromatic carbocycles. The van der Waals surface area contributed by atoms with Crippen molar-refractivity contribution in [1.82, 2.24) is 4.31 Å². The van der Waals surface area contributed by atoms with E-state index in [4.69, 9.17) is 4.74 Å². The summed E-state index contributed by atoms with van der Waals surface area (Å²) in [5, 5.41) is 2.75. The summed E-state index contributed by atoms with van der Waals surface area (Å²) in [6.07, 6.45) is 0. The van der Waals surface area contributed by atoms with Crippen LogP contribution in [0.2, 0.25) is 0 Å². The lowest BCUT2D eigenvalue weighted by Crippen LogP contribution is -2.30. The lowest BCUT2D eigenvalue weighted by atomic mass is 10.1. The van der Waals surface area contributed by atoms with E-state index >= 15 is 0 Å². The highest BCUT2D eigenvalue weighted by atomic mass is 32.2. The highest BCUT2D eigenvalue weighted by Crippen LogP contribution is 2.23. The third kappa shape index (κ3) is 5.33. The number of anilines is 1. The van der Waals surface area contributed by atoms with Gasteiger partial charge in [0.05, 0.1) is 4.90 Å². The number of benzene rings is 2. The monoisotopic (exact) mass is 404 g/mol. The topological polar surface area (TPSA) is 75.7 Å². The molecule has 152 valence electrons. The van der Waals surface area contributed by atoms with E-state index in [0.29, 0.717) is 24.5 Å². The van der Waals surface area contributed by atoms with Crippen LogP contribution in [0, 0.1) is 20.8 Å². The van der Waals surface area contributed by atoms with E-state index in [1.165, 1.54) is 10.4 Å². The van der Waals surface area contributed by atoms with Crippen LogP contribution < -0.4 is 10.1 Å². The summed E-state index contributed by atoms with van der Waals surface area (Å²) >= 11 is 0. The highest BCUT2D eigenvalue weighted by molar-refractivity contribution is 7.89. The van der Waals surface area contributed by atoms with Gasteiger partial charge in [-0.2, -0.15) is 4.31 Å². The van der Waals surface area contributed by atoms with Crippen molar-refractivity contribution in [2.45, 2.75) is 39.5 Å². The maximum atomic E-state index is 12.7. The Kier molecular flexibility index (Phi) is 7.21. The van der Waals surface area contributed by atoms with Gasteiger partial charge in [-0.25, -0.2) is 8.42 Å². The van der Waals surface area contributed by atoms with Gasteiger partial charge in [0.1, 0.15) is 5.75 Å². The number of sulfonamides is 1. The predicted molar refractivity (Wildman–Crippen MR) is 111 cm³/mol. The van der Waals surface area contributed by atoms with Gasteiger partial charge in [0.2, 0.25) is 10.0 Å². The van der Waals surface area contributed by atoms with Crippen molar-refractivity contribution >= 4 is 21.6 Å². The summed E-state index contributed by atoms with van der Waals surface area (Å²) in [6.45, 7) is 9.95. The zero-order chi connectivity index (χ0) is 20.9. The summed E-state index contributed by atoms with van der Waals surface area (Å²) < 4.78 is 32.4. The van der Waals surface area contributed by atoms with E-state index < -0.39 is 10.0 Å². The predicted octanol–water partition coefficient (Wildman–Crippen LogP) is 3.66. The van der Waals surface area contributed by atoms with Gasteiger partial charge in [-0.1, -0.05) is 26.0 Å². The van der Waals surface area contributed by atoms with Crippen LogP contribution in [0.15, 0.2) is 41.3 Å². The first-order valence-corrected chi connectivity index (χ1v) is 10.7. The first-order valence-electron chi connectivity index (χ1n) is 9.29. The number of ether oxygens (including phenoxy) is 1. The van der Waals surface area contributed by atoms with E-state index in [1.54, 1.807) is 26.0 Å². The summed E-state index contributed by atoms with van der Waals surface area (Å²) in [4.78, 5) is 12.5. The van der Waals surface area contributed by atoms with Crippen LogP contribution in [0.1, 0.15) is 30.5 Å². The number of nitrogens with one attached hydrogen (secondary N) is 1. The molecule has 2 rings (SSSR count). The van der Waals surface area contributed by atoms with Crippen molar-refractivity contribution in [2.75, 3.05) is 25.0 Å². The number of carbonyl (C=O) groups excluding carboxylic acids is 1. The Hall–Kier alpha value is -2.38. The molecule has 0 radical (unpaired) electrons. The molecule has 2 aromatic rings. The molecule has 0 saturated carbocycles. The van der Waals surface area contributed by atoms with Crippen LogP contribution in [0.3, 0.4) is 0 Å². The number of rotatable bonds is 8. The van der Waals surface area contributed by atoms with Crippen molar-refractivity contribution in [3.05, 3.63) is 53.1 Å². The molecule has 0 unspecified atom stereocenters. The standard InChI is InChI=1S/C21H28N2O4S/c1-6-23(7-2)28(25,26)19-9-8-17(5)20(13-19)22-21(24)14-27-18-11-15(3)10-16(4)12-18/h8-13H,6-7,14H2,1-5H3,(H,22,24). The molecule has 0 spiro atoms. The fourth-order valence-electron chi connectivity index (χ4n) is 2.96. The average Bonchev–Trinajstić information content (AvgIpc) is 2.61. The molecule has 0 atom stereocenters. The first kappa shape index (κ1) is 21.9. The maximum Gasteiger partial charge on any atom is 0.262 e. The number of hydrogen-bond acceptors (Lipinski definition) is 4. The van der Waals surface area contributed by atoms with Crippen LogP contribution >= 0.6 is 0 Å².